The lowest BCUT2D eigenvalue weighted by Crippen LogP contribution is -2.29. The van der Waals surface area contributed by atoms with Crippen molar-refractivity contribution in [1.82, 2.24) is 0 Å². The Balaban J connectivity index is 2.47. The minimum absolute atomic E-state index is 0.270. The Labute approximate surface area is 92.0 Å². The van der Waals surface area contributed by atoms with Crippen molar-refractivity contribution in [3.05, 3.63) is 0 Å². The summed E-state index contributed by atoms with van der Waals surface area (Å²) in [5, 5.41) is 8.95. The molecule has 1 fully saturated rings. The van der Waals surface area contributed by atoms with E-state index in [1.807, 2.05) is 0 Å². The molecule has 0 aliphatic heterocycles. The minimum atomic E-state index is -0.735. The molecule has 1 aliphatic carbocycles. The van der Waals surface area contributed by atoms with Crippen molar-refractivity contribution in [2.45, 2.75) is 46.0 Å². The molecule has 88 valence electrons. The average Bonchev–Trinajstić information content (AvgIpc) is 2.12. The minimum Gasteiger partial charge on any atom is -0.481 e. The van der Waals surface area contributed by atoms with Crippen molar-refractivity contribution in [3.63, 3.8) is 0 Å². The summed E-state index contributed by atoms with van der Waals surface area (Å²) in [4.78, 5) is 10.9. The lowest BCUT2D eigenvalue weighted by Gasteiger charge is -2.36. The van der Waals surface area contributed by atoms with Gasteiger partial charge in [0.05, 0.1) is 5.92 Å². The quantitative estimate of drug-likeness (QED) is 0.753. The molecular weight excluding hydrogens is 190 g/mol. The monoisotopic (exact) mass is 213 g/mol. The Morgan fingerprint density at radius 3 is 2.73 bits per heavy atom. The van der Waals surface area contributed by atoms with E-state index in [2.05, 4.69) is 13.8 Å². The zero-order valence-electron chi connectivity index (χ0n) is 9.83. The third-order valence-corrected chi connectivity index (χ3v) is 3.56. The number of carbonyl (C=O) groups is 1. The Bertz CT molecular complexity index is 226. The fraction of sp³-hybridized carbons (Fsp3) is 0.917. The Kier molecular flexibility index (Phi) is 4.14. The maximum atomic E-state index is 10.9. The molecule has 15 heavy (non-hydrogen) atoms. The van der Waals surface area contributed by atoms with Crippen LogP contribution in [0.2, 0.25) is 0 Å². The van der Waals surface area contributed by atoms with E-state index < -0.39 is 5.97 Å². The number of carboxylic acids is 1. The van der Waals surface area contributed by atoms with E-state index in [0.29, 0.717) is 11.3 Å². The SMILES string of the molecule is CC1(C)CCCC(CC(CN)C(=O)O)C1. The van der Waals surface area contributed by atoms with E-state index in [-0.39, 0.29) is 12.5 Å². The van der Waals surface area contributed by atoms with Crippen LogP contribution in [0.4, 0.5) is 0 Å². The largest absolute Gasteiger partial charge is 0.481 e. The lowest BCUT2D eigenvalue weighted by atomic mass is 9.70. The second kappa shape index (κ2) is 4.97. The van der Waals surface area contributed by atoms with Crippen molar-refractivity contribution in [3.8, 4) is 0 Å². The third-order valence-electron chi connectivity index (χ3n) is 3.56. The highest BCUT2D eigenvalue weighted by Gasteiger charge is 2.30. The fourth-order valence-corrected chi connectivity index (χ4v) is 2.76. The third kappa shape index (κ3) is 3.82. The molecule has 0 aromatic rings. The van der Waals surface area contributed by atoms with Gasteiger partial charge in [-0.2, -0.15) is 0 Å². The summed E-state index contributed by atoms with van der Waals surface area (Å²) in [5.74, 6) is -0.525. The van der Waals surface area contributed by atoms with Gasteiger partial charge in [-0.25, -0.2) is 0 Å². The molecule has 0 radical (unpaired) electrons. The van der Waals surface area contributed by atoms with Crippen molar-refractivity contribution >= 4 is 5.97 Å². The molecule has 0 spiro atoms. The molecule has 0 saturated heterocycles. The molecule has 0 aromatic carbocycles. The van der Waals surface area contributed by atoms with E-state index >= 15 is 0 Å². The molecule has 3 nitrogen and oxygen atoms in total. The smallest absolute Gasteiger partial charge is 0.307 e. The number of nitrogens with two attached hydrogens (primary N) is 1. The number of aliphatic carboxylic acids is 1. The van der Waals surface area contributed by atoms with Crippen molar-refractivity contribution in [2.24, 2.45) is 23.0 Å². The normalized spacial score (nSPS) is 27.3. The summed E-state index contributed by atoms with van der Waals surface area (Å²) in [6.45, 7) is 4.82. The topological polar surface area (TPSA) is 63.3 Å². The summed E-state index contributed by atoms with van der Waals surface area (Å²) >= 11 is 0. The van der Waals surface area contributed by atoms with Crippen LogP contribution in [0.3, 0.4) is 0 Å². The van der Waals surface area contributed by atoms with Gasteiger partial charge in [0.25, 0.3) is 0 Å². The van der Waals surface area contributed by atoms with Crippen LogP contribution < -0.4 is 5.73 Å². The van der Waals surface area contributed by atoms with Crippen LogP contribution in [0.1, 0.15) is 46.0 Å². The van der Waals surface area contributed by atoms with Gasteiger partial charge in [-0.1, -0.05) is 26.7 Å². The van der Waals surface area contributed by atoms with Crippen LogP contribution in [0.5, 0.6) is 0 Å². The first-order valence-electron chi connectivity index (χ1n) is 5.87. The van der Waals surface area contributed by atoms with Crippen LogP contribution in [0.25, 0.3) is 0 Å². The molecule has 2 atom stereocenters. The number of rotatable bonds is 4. The van der Waals surface area contributed by atoms with Gasteiger partial charge >= 0.3 is 5.97 Å². The van der Waals surface area contributed by atoms with Crippen molar-refractivity contribution in [2.75, 3.05) is 6.54 Å². The zero-order chi connectivity index (χ0) is 11.5. The molecule has 1 rings (SSSR count). The van der Waals surface area contributed by atoms with Gasteiger partial charge in [0.15, 0.2) is 0 Å². The number of hydrogen-bond acceptors (Lipinski definition) is 2. The van der Waals surface area contributed by atoms with Gasteiger partial charge in [0.1, 0.15) is 0 Å². The predicted molar refractivity (Wildman–Crippen MR) is 60.5 cm³/mol. The second-order valence-electron chi connectivity index (χ2n) is 5.63. The van der Waals surface area contributed by atoms with E-state index in [9.17, 15) is 4.79 Å². The molecule has 0 heterocycles. The maximum absolute atomic E-state index is 10.9. The van der Waals surface area contributed by atoms with E-state index in [1.54, 1.807) is 0 Å². The number of hydrogen-bond donors (Lipinski definition) is 2. The van der Waals surface area contributed by atoms with E-state index in [1.165, 1.54) is 19.3 Å². The highest BCUT2D eigenvalue weighted by atomic mass is 16.4. The molecule has 1 saturated carbocycles. The van der Waals surface area contributed by atoms with Crippen molar-refractivity contribution in [1.29, 1.82) is 0 Å². The number of carboxylic acid groups (broad SMARTS) is 1. The van der Waals surface area contributed by atoms with Crippen LogP contribution in [0, 0.1) is 17.3 Å². The first-order chi connectivity index (χ1) is 6.94. The molecule has 0 aromatic heterocycles. The van der Waals surface area contributed by atoms with Crippen LogP contribution in [-0.4, -0.2) is 17.6 Å². The molecule has 3 heteroatoms. The van der Waals surface area contributed by atoms with Gasteiger partial charge < -0.3 is 10.8 Å². The van der Waals surface area contributed by atoms with E-state index in [0.717, 1.165) is 12.8 Å². The molecule has 1 aliphatic rings. The summed E-state index contributed by atoms with van der Waals surface area (Å²) in [6, 6.07) is 0. The molecule has 0 bridgehead atoms. The maximum Gasteiger partial charge on any atom is 0.307 e. The van der Waals surface area contributed by atoms with Gasteiger partial charge in [0, 0.05) is 6.54 Å². The van der Waals surface area contributed by atoms with Crippen LogP contribution in [0.15, 0.2) is 0 Å². The van der Waals surface area contributed by atoms with Crippen LogP contribution >= 0.6 is 0 Å². The average molecular weight is 213 g/mol. The zero-order valence-corrected chi connectivity index (χ0v) is 9.83. The predicted octanol–water partition coefficient (Wildman–Crippen LogP) is 2.25. The van der Waals surface area contributed by atoms with Crippen molar-refractivity contribution < 1.29 is 9.90 Å². The summed E-state index contributed by atoms with van der Waals surface area (Å²) in [5.41, 5.74) is 5.87. The highest BCUT2D eigenvalue weighted by Crippen LogP contribution is 2.40. The lowest BCUT2D eigenvalue weighted by molar-refractivity contribution is -0.142. The highest BCUT2D eigenvalue weighted by molar-refractivity contribution is 5.70. The summed E-state index contributed by atoms with van der Waals surface area (Å²) in [6.07, 6.45) is 5.58. The van der Waals surface area contributed by atoms with Gasteiger partial charge in [-0.15, -0.1) is 0 Å². The first-order valence-corrected chi connectivity index (χ1v) is 5.87. The molecular formula is C12H23NO2. The summed E-state index contributed by atoms with van der Waals surface area (Å²) < 4.78 is 0. The standard InChI is InChI=1S/C12H23NO2/c1-12(2)5-3-4-9(7-12)6-10(8-13)11(14)15/h9-10H,3-8,13H2,1-2H3,(H,14,15). The molecule has 2 unspecified atom stereocenters. The summed E-state index contributed by atoms with van der Waals surface area (Å²) in [7, 11) is 0. The fourth-order valence-electron chi connectivity index (χ4n) is 2.76. The molecule has 3 N–H and O–H groups in total. The van der Waals surface area contributed by atoms with Gasteiger partial charge in [0.2, 0.25) is 0 Å². The Morgan fingerprint density at radius 2 is 2.27 bits per heavy atom. The molecule has 0 amide bonds. The van der Waals surface area contributed by atoms with Crippen LogP contribution in [-0.2, 0) is 4.79 Å². The second-order valence-corrected chi connectivity index (χ2v) is 5.63. The van der Waals surface area contributed by atoms with Gasteiger partial charge in [-0.05, 0) is 30.6 Å². The Morgan fingerprint density at radius 1 is 1.60 bits per heavy atom. The van der Waals surface area contributed by atoms with Gasteiger partial charge in [-0.3, -0.25) is 4.79 Å². The Hall–Kier alpha value is -0.570. The van der Waals surface area contributed by atoms with E-state index in [4.69, 9.17) is 10.8 Å². The first kappa shape index (κ1) is 12.5.